The number of H-pyrrole nitrogens is 1. The molecular formula is C16H14ClN3O3S. The average Bonchev–Trinajstić information content (AvgIpc) is 3.02. The number of fused-ring (bicyclic) bond motifs is 1. The maximum absolute atomic E-state index is 12.2. The molecule has 2 heterocycles. The van der Waals surface area contributed by atoms with Gasteiger partial charge < -0.3 is 10.3 Å². The Hall–Kier alpha value is -2.38. The van der Waals surface area contributed by atoms with Gasteiger partial charge in [0.15, 0.2) is 0 Å². The zero-order chi connectivity index (χ0) is 17.1. The van der Waals surface area contributed by atoms with E-state index in [-0.39, 0.29) is 24.4 Å². The molecule has 124 valence electrons. The molecule has 0 bridgehead atoms. The zero-order valence-electron chi connectivity index (χ0n) is 12.5. The molecule has 3 rings (SSSR count). The van der Waals surface area contributed by atoms with Crippen molar-refractivity contribution in [2.75, 3.05) is 0 Å². The van der Waals surface area contributed by atoms with Gasteiger partial charge in [0.1, 0.15) is 4.70 Å². The van der Waals surface area contributed by atoms with Crippen LogP contribution in [-0.2, 0) is 17.9 Å². The second kappa shape index (κ2) is 7.02. The first-order chi connectivity index (χ1) is 11.5. The minimum atomic E-state index is -0.503. The Labute approximate surface area is 145 Å². The van der Waals surface area contributed by atoms with Crippen molar-refractivity contribution in [2.24, 2.45) is 0 Å². The second-order valence-electron chi connectivity index (χ2n) is 5.20. The Morgan fingerprint density at radius 2 is 1.96 bits per heavy atom. The fourth-order valence-electron chi connectivity index (χ4n) is 2.28. The number of nitrogens with zero attached hydrogens (tertiary/aromatic N) is 1. The third kappa shape index (κ3) is 3.58. The van der Waals surface area contributed by atoms with Gasteiger partial charge >= 0.3 is 5.69 Å². The number of rotatable bonds is 5. The van der Waals surface area contributed by atoms with Crippen LogP contribution in [0.25, 0.3) is 10.2 Å². The zero-order valence-corrected chi connectivity index (χ0v) is 14.1. The Kier molecular flexibility index (Phi) is 4.82. The van der Waals surface area contributed by atoms with Gasteiger partial charge in [0.05, 0.1) is 5.52 Å². The topological polar surface area (TPSA) is 84.0 Å². The minimum absolute atomic E-state index is 0.0362. The summed E-state index contributed by atoms with van der Waals surface area (Å²) in [5, 5.41) is 5.13. The van der Waals surface area contributed by atoms with Crippen molar-refractivity contribution in [1.82, 2.24) is 14.9 Å². The highest BCUT2D eigenvalue weighted by molar-refractivity contribution is 7.17. The molecule has 0 unspecified atom stereocenters. The van der Waals surface area contributed by atoms with Crippen molar-refractivity contribution in [2.45, 2.75) is 19.5 Å². The van der Waals surface area contributed by atoms with Crippen LogP contribution in [0.1, 0.15) is 12.0 Å². The lowest BCUT2D eigenvalue weighted by molar-refractivity contribution is -0.121. The van der Waals surface area contributed by atoms with Crippen LogP contribution in [0, 0.1) is 0 Å². The van der Waals surface area contributed by atoms with Gasteiger partial charge in [-0.05, 0) is 29.1 Å². The highest BCUT2D eigenvalue weighted by atomic mass is 35.5. The summed E-state index contributed by atoms with van der Waals surface area (Å²) in [6, 6.07) is 8.83. The molecule has 0 spiro atoms. The van der Waals surface area contributed by atoms with Crippen molar-refractivity contribution in [1.29, 1.82) is 0 Å². The summed E-state index contributed by atoms with van der Waals surface area (Å²) in [5.41, 5.74) is 0.576. The number of aromatic amines is 1. The molecule has 0 atom stereocenters. The number of thiophene rings is 1. The molecule has 0 saturated heterocycles. The summed E-state index contributed by atoms with van der Waals surface area (Å²) in [6.07, 6.45) is 0.0491. The van der Waals surface area contributed by atoms with Gasteiger partial charge in [0.2, 0.25) is 5.91 Å². The number of amides is 1. The fourth-order valence-corrected chi connectivity index (χ4v) is 3.20. The van der Waals surface area contributed by atoms with Gasteiger partial charge in [-0.2, -0.15) is 0 Å². The number of carbonyl (C=O) groups is 1. The Balaban J connectivity index is 1.63. The predicted molar refractivity (Wildman–Crippen MR) is 94.6 cm³/mol. The largest absolute Gasteiger partial charge is 0.352 e. The Morgan fingerprint density at radius 3 is 2.71 bits per heavy atom. The third-order valence-corrected chi connectivity index (χ3v) is 4.71. The summed E-state index contributed by atoms with van der Waals surface area (Å²) < 4.78 is 1.54. The van der Waals surface area contributed by atoms with Crippen molar-refractivity contribution in [3.63, 3.8) is 0 Å². The van der Waals surface area contributed by atoms with Gasteiger partial charge in [-0.15, -0.1) is 11.3 Å². The van der Waals surface area contributed by atoms with Gasteiger partial charge in [-0.25, -0.2) is 4.79 Å². The van der Waals surface area contributed by atoms with Crippen LogP contribution in [0.2, 0.25) is 5.02 Å². The van der Waals surface area contributed by atoms with Crippen molar-refractivity contribution in [3.05, 3.63) is 67.1 Å². The molecule has 2 N–H and O–H groups in total. The molecule has 0 aliphatic carbocycles. The van der Waals surface area contributed by atoms with Crippen LogP contribution < -0.4 is 16.6 Å². The summed E-state index contributed by atoms with van der Waals surface area (Å²) in [4.78, 5) is 38.8. The van der Waals surface area contributed by atoms with Crippen molar-refractivity contribution in [3.8, 4) is 0 Å². The molecule has 0 aliphatic heterocycles. The van der Waals surface area contributed by atoms with Gasteiger partial charge in [0, 0.05) is 24.5 Å². The van der Waals surface area contributed by atoms with E-state index in [9.17, 15) is 14.4 Å². The van der Waals surface area contributed by atoms with Crippen molar-refractivity contribution < 1.29 is 4.79 Å². The van der Waals surface area contributed by atoms with E-state index in [2.05, 4.69) is 10.3 Å². The lowest BCUT2D eigenvalue weighted by atomic mass is 10.2. The molecule has 2 aromatic heterocycles. The quantitative estimate of drug-likeness (QED) is 0.728. The lowest BCUT2D eigenvalue weighted by Crippen LogP contribution is -2.36. The van der Waals surface area contributed by atoms with Crippen LogP contribution in [0.5, 0.6) is 0 Å². The molecule has 0 aliphatic rings. The van der Waals surface area contributed by atoms with E-state index < -0.39 is 5.69 Å². The number of hydrogen-bond donors (Lipinski definition) is 2. The molecule has 8 heteroatoms. The number of halogens is 1. The van der Waals surface area contributed by atoms with E-state index in [0.717, 1.165) is 10.1 Å². The molecule has 3 aromatic rings. The standard InChI is InChI=1S/C16H14ClN3O3S/c17-11-3-1-10(2-4-11)9-18-13(21)5-7-20-15(22)14-12(6-8-24-14)19-16(20)23/h1-4,6,8H,5,7,9H2,(H,18,21)(H,19,23). The van der Waals surface area contributed by atoms with E-state index in [1.165, 1.54) is 11.3 Å². The van der Waals surface area contributed by atoms with Crippen LogP contribution in [-0.4, -0.2) is 15.5 Å². The maximum atomic E-state index is 12.2. The Morgan fingerprint density at radius 1 is 1.21 bits per heavy atom. The number of benzene rings is 1. The highest BCUT2D eigenvalue weighted by Gasteiger charge is 2.10. The molecular weight excluding hydrogens is 350 g/mol. The second-order valence-corrected chi connectivity index (χ2v) is 6.56. The van der Waals surface area contributed by atoms with Crippen LogP contribution >= 0.6 is 22.9 Å². The predicted octanol–water partition coefficient (Wildman–Crippen LogP) is 2.11. The van der Waals surface area contributed by atoms with Gasteiger partial charge in [0.25, 0.3) is 5.56 Å². The Bertz CT molecular complexity index is 988. The SMILES string of the molecule is O=C(CCn1c(=O)[nH]c2ccsc2c1=O)NCc1ccc(Cl)cc1. The molecule has 0 fully saturated rings. The summed E-state index contributed by atoms with van der Waals surface area (Å²) >= 11 is 7.07. The van der Waals surface area contributed by atoms with Crippen LogP contribution in [0.4, 0.5) is 0 Å². The molecule has 24 heavy (non-hydrogen) atoms. The molecule has 0 saturated carbocycles. The van der Waals surface area contributed by atoms with E-state index in [0.29, 0.717) is 21.8 Å². The first kappa shape index (κ1) is 16.5. The fraction of sp³-hybridized carbons (Fsp3) is 0.188. The monoisotopic (exact) mass is 363 g/mol. The maximum Gasteiger partial charge on any atom is 0.328 e. The lowest BCUT2D eigenvalue weighted by Gasteiger charge is -2.07. The summed E-state index contributed by atoms with van der Waals surface area (Å²) in [6.45, 7) is 0.402. The van der Waals surface area contributed by atoms with E-state index in [1.54, 1.807) is 23.6 Å². The van der Waals surface area contributed by atoms with E-state index >= 15 is 0 Å². The third-order valence-electron chi connectivity index (χ3n) is 3.56. The van der Waals surface area contributed by atoms with Gasteiger partial charge in [-0.3, -0.25) is 14.2 Å². The van der Waals surface area contributed by atoms with E-state index in [4.69, 9.17) is 11.6 Å². The molecule has 1 amide bonds. The smallest absolute Gasteiger partial charge is 0.328 e. The number of carbonyl (C=O) groups excluding carboxylic acids is 1. The average molecular weight is 364 g/mol. The number of aromatic nitrogens is 2. The highest BCUT2D eigenvalue weighted by Crippen LogP contribution is 2.12. The number of hydrogen-bond acceptors (Lipinski definition) is 4. The summed E-state index contributed by atoms with van der Waals surface area (Å²) in [5.74, 6) is -0.234. The van der Waals surface area contributed by atoms with Crippen LogP contribution in [0.15, 0.2) is 45.3 Å². The van der Waals surface area contributed by atoms with Gasteiger partial charge in [-0.1, -0.05) is 23.7 Å². The van der Waals surface area contributed by atoms with Crippen molar-refractivity contribution >= 4 is 39.1 Å². The normalized spacial score (nSPS) is 10.9. The summed E-state index contributed by atoms with van der Waals surface area (Å²) in [7, 11) is 0. The number of nitrogens with one attached hydrogen (secondary N) is 2. The van der Waals surface area contributed by atoms with Crippen LogP contribution in [0.3, 0.4) is 0 Å². The van der Waals surface area contributed by atoms with E-state index in [1.807, 2.05) is 12.1 Å². The first-order valence-electron chi connectivity index (χ1n) is 7.26. The molecule has 0 radical (unpaired) electrons. The minimum Gasteiger partial charge on any atom is -0.352 e. The first-order valence-corrected chi connectivity index (χ1v) is 8.52. The molecule has 1 aromatic carbocycles. The molecule has 6 nitrogen and oxygen atoms in total.